The number of aromatic nitrogens is 1. The molecule has 1 amide bonds. The van der Waals surface area contributed by atoms with Crippen molar-refractivity contribution in [1.82, 2.24) is 9.88 Å². The van der Waals surface area contributed by atoms with E-state index in [1.807, 2.05) is 29.2 Å². The molecular formula is C16H15ClN2O2S. The maximum absolute atomic E-state index is 12.8. The molecule has 1 fully saturated rings. The summed E-state index contributed by atoms with van der Waals surface area (Å²) in [6.07, 6.45) is 1.58. The minimum absolute atomic E-state index is 0.0318. The van der Waals surface area contributed by atoms with Crippen molar-refractivity contribution in [2.75, 3.05) is 19.4 Å². The molecule has 1 saturated heterocycles. The predicted molar refractivity (Wildman–Crippen MR) is 88.5 cm³/mol. The standard InChI is InChI=1S/C16H15ClN2O2S/c1-21-14-10-11(6-7-18-14)15(20)19-8-9-22-16(19)12-4-2-3-5-13(12)17/h2-7,10,16H,8-9H2,1H3. The first-order valence-electron chi connectivity index (χ1n) is 6.88. The first-order chi connectivity index (χ1) is 10.7. The van der Waals surface area contributed by atoms with Gasteiger partial charge in [0.25, 0.3) is 5.91 Å². The lowest BCUT2D eigenvalue weighted by atomic mass is 10.1. The Morgan fingerprint density at radius 1 is 1.41 bits per heavy atom. The number of rotatable bonds is 3. The predicted octanol–water partition coefficient (Wildman–Crippen LogP) is 3.63. The molecule has 3 rings (SSSR count). The number of thioether (sulfide) groups is 1. The van der Waals surface area contributed by atoms with E-state index < -0.39 is 0 Å². The maximum atomic E-state index is 12.8. The third-order valence-electron chi connectivity index (χ3n) is 3.51. The van der Waals surface area contributed by atoms with E-state index in [4.69, 9.17) is 16.3 Å². The largest absolute Gasteiger partial charge is 0.481 e. The molecule has 0 saturated carbocycles. The van der Waals surface area contributed by atoms with Gasteiger partial charge in [-0.3, -0.25) is 4.79 Å². The second-order valence-electron chi connectivity index (χ2n) is 4.83. The average molecular weight is 335 g/mol. The number of hydrogen-bond donors (Lipinski definition) is 0. The van der Waals surface area contributed by atoms with Crippen LogP contribution in [-0.4, -0.2) is 35.2 Å². The molecule has 1 aromatic heterocycles. The van der Waals surface area contributed by atoms with Crippen LogP contribution in [0.1, 0.15) is 21.3 Å². The van der Waals surface area contributed by atoms with Crippen LogP contribution in [0.3, 0.4) is 0 Å². The van der Waals surface area contributed by atoms with Crippen LogP contribution in [0.2, 0.25) is 5.02 Å². The van der Waals surface area contributed by atoms with Gasteiger partial charge < -0.3 is 9.64 Å². The van der Waals surface area contributed by atoms with E-state index in [-0.39, 0.29) is 11.3 Å². The van der Waals surface area contributed by atoms with Gasteiger partial charge in [-0.25, -0.2) is 4.98 Å². The molecule has 114 valence electrons. The van der Waals surface area contributed by atoms with Gasteiger partial charge in [0.05, 0.1) is 7.11 Å². The summed E-state index contributed by atoms with van der Waals surface area (Å²) in [5.74, 6) is 1.30. The SMILES string of the molecule is COc1cc(C(=O)N2CCSC2c2ccccc2Cl)ccn1. The Hall–Kier alpha value is -1.72. The smallest absolute Gasteiger partial charge is 0.255 e. The fourth-order valence-corrected chi connectivity index (χ4v) is 4.03. The highest BCUT2D eigenvalue weighted by atomic mass is 35.5. The van der Waals surface area contributed by atoms with Crippen LogP contribution in [-0.2, 0) is 0 Å². The number of nitrogens with zero attached hydrogens (tertiary/aromatic N) is 2. The summed E-state index contributed by atoms with van der Waals surface area (Å²) in [6.45, 7) is 0.698. The number of benzene rings is 1. The second kappa shape index (κ2) is 6.58. The lowest BCUT2D eigenvalue weighted by molar-refractivity contribution is 0.0760. The topological polar surface area (TPSA) is 42.4 Å². The zero-order valence-corrected chi connectivity index (χ0v) is 13.6. The van der Waals surface area contributed by atoms with Crippen LogP contribution in [0.15, 0.2) is 42.6 Å². The minimum atomic E-state index is -0.0552. The van der Waals surface area contributed by atoms with Crippen molar-refractivity contribution in [2.24, 2.45) is 0 Å². The quantitative estimate of drug-likeness (QED) is 0.859. The molecule has 2 aromatic rings. The summed E-state index contributed by atoms with van der Waals surface area (Å²) in [4.78, 5) is 18.7. The molecule has 2 heterocycles. The van der Waals surface area contributed by atoms with E-state index in [9.17, 15) is 4.79 Å². The van der Waals surface area contributed by atoms with Crippen molar-refractivity contribution < 1.29 is 9.53 Å². The van der Waals surface area contributed by atoms with Crippen LogP contribution < -0.4 is 4.74 Å². The number of pyridine rings is 1. The fraction of sp³-hybridized carbons (Fsp3) is 0.250. The fourth-order valence-electron chi connectivity index (χ4n) is 2.43. The van der Waals surface area contributed by atoms with Crippen LogP contribution in [0.4, 0.5) is 0 Å². The van der Waals surface area contributed by atoms with E-state index in [0.29, 0.717) is 23.0 Å². The third-order valence-corrected chi connectivity index (χ3v) is 5.10. The number of amides is 1. The maximum Gasteiger partial charge on any atom is 0.255 e. The Morgan fingerprint density at radius 2 is 2.23 bits per heavy atom. The van der Waals surface area contributed by atoms with Gasteiger partial charge in [-0.15, -0.1) is 11.8 Å². The van der Waals surface area contributed by atoms with Crippen molar-refractivity contribution in [2.45, 2.75) is 5.37 Å². The van der Waals surface area contributed by atoms with Gasteiger partial charge in [0.15, 0.2) is 0 Å². The van der Waals surface area contributed by atoms with Gasteiger partial charge in [0.1, 0.15) is 5.37 Å². The summed E-state index contributed by atoms with van der Waals surface area (Å²) in [5, 5.41) is 0.632. The van der Waals surface area contributed by atoms with Gasteiger partial charge in [-0.05, 0) is 12.1 Å². The zero-order chi connectivity index (χ0) is 15.5. The molecule has 1 aromatic carbocycles. The lowest BCUT2D eigenvalue weighted by Gasteiger charge is -2.25. The van der Waals surface area contributed by atoms with E-state index in [0.717, 1.165) is 11.3 Å². The molecule has 0 bridgehead atoms. The lowest BCUT2D eigenvalue weighted by Crippen LogP contribution is -2.30. The van der Waals surface area contributed by atoms with Crippen molar-refractivity contribution >= 4 is 29.3 Å². The third kappa shape index (κ3) is 2.91. The molecule has 22 heavy (non-hydrogen) atoms. The number of carbonyl (C=O) groups is 1. The van der Waals surface area contributed by atoms with E-state index >= 15 is 0 Å². The Labute approximate surface area is 138 Å². The average Bonchev–Trinajstić information content (AvgIpc) is 3.04. The highest BCUT2D eigenvalue weighted by Gasteiger charge is 2.32. The van der Waals surface area contributed by atoms with Gasteiger partial charge in [-0.1, -0.05) is 29.8 Å². The van der Waals surface area contributed by atoms with E-state index in [2.05, 4.69) is 4.98 Å². The second-order valence-corrected chi connectivity index (χ2v) is 6.43. The molecule has 0 radical (unpaired) electrons. The molecule has 1 aliphatic heterocycles. The molecule has 1 atom stereocenters. The first-order valence-corrected chi connectivity index (χ1v) is 8.30. The monoisotopic (exact) mass is 334 g/mol. The molecule has 0 aliphatic carbocycles. The Bertz CT molecular complexity index is 695. The molecule has 4 nitrogen and oxygen atoms in total. The van der Waals surface area contributed by atoms with Crippen LogP contribution in [0.25, 0.3) is 0 Å². The summed E-state index contributed by atoms with van der Waals surface area (Å²) < 4.78 is 5.09. The van der Waals surface area contributed by atoms with Gasteiger partial charge in [-0.2, -0.15) is 0 Å². The van der Waals surface area contributed by atoms with Crippen LogP contribution in [0.5, 0.6) is 5.88 Å². The highest BCUT2D eigenvalue weighted by molar-refractivity contribution is 7.99. The summed E-state index contributed by atoms with van der Waals surface area (Å²) in [7, 11) is 1.54. The normalized spacial score (nSPS) is 17.5. The minimum Gasteiger partial charge on any atom is -0.481 e. The van der Waals surface area contributed by atoms with Crippen molar-refractivity contribution in [1.29, 1.82) is 0 Å². The number of methoxy groups -OCH3 is 1. The summed E-state index contributed by atoms with van der Waals surface area (Å²) in [5.41, 5.74) is 1.55. The Kier molecular flexibility index (Phi) is 4.55. The molecule has 0 N–H and O–H groups in total. The summed E-state index contributed by atoms with van der Waals surface area (Å²) in [6, 6.07) is 11.0. The first kappa shape index (κ1) is 15.2. The number of ether oxygens (including phenoxy) is 1. The molecule has 0 spiro atoms. The van der Waals surface area contributed by atoms with Crippen molar-refractivity contribution in [3.63, 3.8) is 0 Å². The van der Waals surface area contributed by atoms with E-state index in [1.165, 1.54) is 7.11 Å². The van der Waals surface area contributed by atoms with Gasteiger partial charge >= 0.3 is 0 Å². The van der Waals surface area contributed by atoms with Crippen LogP contribution in [0, 0.1) is 0 Å². The Balaban J connectivity index is 1.89. The molecular weight excluding hydrogens is 320 g/mol. The van der Waals surface area contributed by atoms with Crippen molar-refractivity contribution in [3.05, 3.63) is 58.7 Å². The zero-order valence-electron chi connectivity index (χ0n) is 12.0. The van der Waals surface area contributed by atoms with E-state index in [1.54, 1.807) is 30.1 Å². The van der Waals surface area contributed by atoms with Gasteiger partial charge in [0, 0.05) is 40.7 Å². The highest BCUT2D eigenvalue weighted by Crippen LogP contribution is 2.41. The number of carbonyl (C=O) groups excluding carboxylic acids is 1. The molecule has 1 aliphatic rings. The Morgan fingerprint density at radius 3 is 3.00 bits per heavy atom. The van der Waals surface area contributed by atoms with Crippen molar-refractivity contribution in [3.8, 4) is 5.88 Å². The summed E-state index contributed by atoms with van der Waals surface area (Å²) >= 11 is 8.01. The van der Waals surface area contributed by atoms with Gasteiger partial charge in [0.2, 0.25) is 5.88 Å². The number of hydrogen-bond acceptors (Lipinski definition) is 4. The molecule has 6 heteroatoms. The number of halogens is 1. The molecule has 1 unspecified atom stereocenters. The van der Waals surface area contributed by atoms with Crippen LogP contribution >= 0.6 is 23.4 Å².